The van der Waals surface area contributed by atoms with Gasteiger partial charge in [-0.1, -0.05) is 13.8 Å². The number of aryl methyl sites for hydroxylation is 1. The van der Waals surface area contributed by atoms with E-state index in [1.165, 1.54) is 17.7 Å². The van der Waals surface area contributed by atoms with Crippen molar-refractivity contribution in [2.75, 3.05) is 5.32 Å². The zero-order valence-corrected chi connectivity index (χ0v) is 9.54. The van der Waals surface area contributed by atoms with Gasteiger partial charge in [0.15, 0.2) is 0 Å². The summed E-state index contributed by atoms with van der Waals surface area (Å²) in [5, 5.41) is 3.50. The molecule has 1 atom stereocenters. The Morgan fingerprint density at radius 2 is 2.07 bits per heavy atom. The molecule has 0 radical (unpaired) electrons. The van der Waals surface area contributed by atoms with Crippen LogP contribution < -0.4 is 5.32 Å². The molecule has 0 fully saturated rings. The highest BCUT2D eigenvalue weighted by Gasteiger charge is 2.05. The van der Waals surface area contributed by atoms with Crippen LogP contribution >= 0.6 is 0 Å². The normalized spacial score (nSPS) is 12.9. The van der Waals surface area contributed by atoms with E-state index in [-0.39, 0.29) is 0 Å². The lowest BCUT2D eigenvalue weighted by molar-refractivity contribution is 0.539. The molecule has 0 aliphatic carbocycles. The lowest BCUT2D eigenvalue weighted by Crippen LogP contribution is -2.18. The second-order valence-electron chi connectivity index (χ2n) is 4.37. The zero-order valence-electron chi connectivity index (χ0n) is 9.54. The van der Waals surface area contributed by atoms with Gasteiger partial charge in [-0.25, -0.2) is 0 Å². The van der Waals surface area contributed by atoms with Gasteiger partial charge in [-0.2, -0.15) is 0 Å². The van der Waals surface area contributed by atoms with Crippen LogP contribution in [0.4, 0.5) is 5.69 Å². The Morgan fingerprint density at radius 3 is 2.64 bits per heavy atom. The molecule has 0 amide bonds. The Hall–Kier alpha value is -1.05. The van der Waals surface area contributed by atoms with Crippen molar-refractivity contribution in [3.05, 3.63) is 24.0 Å². The van der Waals surface area contributed by atoms with E-state index in [4.69, 9.17) is 0 Å². The van der Waals surface area contributed by atoms with Crippen LogP contribution in [0.1, 0.15) is 32.8 Å². The second-order valence-corrected chi connectivity index (χ2v) is 4.37. The van der Waals surface area contributed by atoms with Crippen LogP contribution in [0.25, 0.3) is 0 Å². The Labute approximate surface area is 86.8 Å². The first-order chi connectivity index (χ1) is 6.59. The maximum Gasteiger partial charge on any atom is 0.0402 e. The summed E-state index contributed by atoms with van der Waals surface area (Å²) in [5.41, 5.74) is 2.41. The molecule has 1 rings (SSSR count). The third-order valence-corrected chi connectivity index (χ3v) is 2.25. The number of rotatable bonds is 4. The average Bonchev–Trinajstić information content (AvgIpc) is 2.07. The van der Waals surface area contributed by atoms with Gasteiger partial charge in [-0.3, -0.25) is 4.98 Å². The van der Waals surface area contributed by atoms with Crippen LogP contribution in [0.15, 0.2) is 18.5 Å². The lowest BCUT2D eigenvalue weighted by atomic mass is 10.0. The van der Waals surface area contributed by atoms with Gasteiger partial charge >= 0.3 is 0 Å². The van der Waals surface area contributed by atoms with Gasteiger partial charge in [0.25, 0.3) is 0 Å². The third kappa shape index (κ3) is 3.36. The fourth-order valence-corrected chi connectivity index (χ4v) is 1.67. The van der Waals surface area contributed by atoms with E-state index in [0.29, 0.717) is 6.04 Å². The Morgan fingerprint density at radius 1 is 1.36 bits per heavy atom. The molecule has 1 unspecified atom stereocenters. The molecular weight excluding hydrogens is 172 g/mol. The van der Waals surface area contributed by atoms with Crippen molar-refractivity contribution < 1.29 is 0 Å². The lowest BCUT2D eigenvalue weighted by Gasteiger charge is -2.18. The van der Waals surface area contributed by atoms with Gasteiger partial charge in [-0.15, -0.1) is 0 Å². The number of hydrogen-bond donors (Lipinski definition) is 1. The quantitative estimate of drug-likeness (QED) is 0.792. The summed E-state index contributed by atoms with van der Waals surface area (Å²) in [4.78, 5) is 4.07. The van der Waals surface area contributed by atoms with Gasteiger partial charge in [0, 0.05) is 24.1 Å². The molecular formula is C12H20N2. The minimum atomic E-state index is 0.524. The molecule has 1 aromatic heterocycles. The topological polar surface area (TPSA) is 24.9 Å². The summed E-state index contributed by atoms with van der Waals surface area (Å²) in [6.45, 7) is 8.80. The van der Waals surface area contributed by atoms with E-state index in [1.807, 2.05) is 18.5 Å². The molecule has 0 saturated heterocycles. The minimum Gasteiger partial charge on any atom is -0.382 e. The van der Waals surface area contributed by atoms with Crippen molar-refractivity contribution >= 4 is 5.69 Å². The summed E-state index contributed by atoms with van der Waals surface area (Å²) in [7, 11) is 0. The van der Waals surface area contributed by atoms with Crippen molar-refractivity contribution in [3.8, 4) is 0 Å². The Bertz CT molecular complexity index is 281. The monoisotopic (exact) mass is 192 g/mol. The molecule has 0 spiro atoms. The molecule has 1 aromatic rings. The van der Waals surface area contributed by atoms with Gasteiger partial charge in [0.05, 0.1) is 0 Å². The molecule has 2 nitrogen and oxygen atoms in total. The number of nitrogens with zero attached hydrogens (tertiary/aromatic N) is 1. The molecule has 2 heteroatoms. The smallest absolute Gasteiger partial charge is 0.0402 e. The highest BCUT2D eigenvalue weighted by atomic mass is 14.9. The molecule has 1 heterocycles. The highest BCUT2D eigenvalue weighted by molar-refractivity contribution is 5.49. The molecule has 0 saturated carbocycles. The fourth-order valence-electron chi connectivity index (χ4n) is 1.67. The van der Waals surface area contributed by atoms with Gasteiger partial charge < -0.3 is 5.32 Å². The Kier molecular flexibility index (Phi) is 3.93. The van der Waals surface area contributed by atoms with Crippen molar-refractivity contribution in [1.29, 1.82) is 0 Å². The van der Waals surface area contributed by atoms with Gasteiger partial charge in [-0.05, 0) is 37.8 Å². The van der Waals surface area contributed by atoms with Gasteiger partial charge in [0.2, 0.25) is 0 Å². The predicted molar refractivity (Wildman–Crippen MR) is 61.5 cm³/mol. The molecule has 14 heavy (non-hydrogen) atoms. The largest absolute Gasteiger partial charge is 0.382 e. The average molecular weight is 192 g/mol. The summed E-state index contributed by atoms with van der Waals surface area (Å²) < 4.78 is 0. The maximum atomic E-state index is 4.07. The summed E-state index contributed by atoms with van der Waals surface area (Å²) in [5.74, 6) is 0.736. The van der Waals surface area contributed by atoms with Crippen LogP contribution in [0, 0.1) is 12.8 Å². The first-order valence-electron chi connectivity index (χ1n) is 5.26. The summed E-state index contributed by atoms with van der Waals surface area (Å²) in [6, 6.07) is 2.56. The molecule has 0 aliphatic heterocycles. The van der Waals surface area contributed by atoms with E-state index < -0.39 is 0 Å². The van der Waals surface area contributed by atoms with Crippen molar-refractivity contribution in [2.45, 2.75) is 40.2 Å². The van der Waals surface area contributed by atoms with E-state index in [0.717, 1.165) is 5.92 Å². The number of nitrogens with one attached hydrogen (secondary N) is 1. The van der Waals surface area contributed by atoms with Crippen molar-refractivity contribution in [1.82, 2.24) is 4.98 Å². The van der Waals surface area contributed by atoms with E-state index in [9.17, 15) is 0 Å². The molecule has 78 valence electrons. The number of pyridine rings is 1. The van der Waals surface area contributed by atoms with Crippen molar-refractivity contribution in [3.63, 3.8) is 0 Å². The SMILES string of the molecule is Cc1cnccc1NC(C)CC(C)C. The van der Waals surface area contributed by atoms with E-state index in [1.54, 1.807) is 0 Å². The first kappa shape index (κ1) is 11.0. The van der Waals surface area contributed by atoms with Crippen LogP contribution in [0.3, 0.4) is 0 Å². The predicted octanol–water partition coefficient (Wildman–Crippen LogP) is 3.24. The minimum absolute atomic E-state index is 0.524. The van der Waals surface area contributed by atoms with Crippen molar-refractivity contribution in [2.24, 2.45) is 5.92 Å². The molecule has 0 aromatic carbocycles. The Balaban J connectivity index is 2.56. The van der Waals surface area contributed by atoms with Crippen LogP contribution in [0.2, 0.25) is 0 Å². The fraction of sp³-hybridized carbons (Fsp3) is 0.583. The van der Waals surface area contributed by atoms with E-state index in [2.05, 4.69) is 38.0 Å². The van der Waals surface area contributed by atoms with Crippen LogP contribution in [-0.2, 0) is 0 Å². The standard InChI is InChI=1S/C12H20N2/c1-9(2)7-11(4)14-12-5-6-13-8-10(12)3/h5-6,8-9,11H,7H2,1-4H3,(H,13,14). The maximum absolute atomic E-state index is 4.07. The highest BCUT2D eigenvalue weighted by Crippen LogP contribution is 2.15. The molecule has 0 bridgehead atoms. The first-order valence-corrected chi connectivity index (χ1v) is 5.26. The second kappa shape index (κ2) is 4.99. The van der Waals surface area contributed by atoms with E-state index >= 15 is 0 Å². The molecule has 0 aliphatic rings. The molecule has 1 N–H and O–H groups in total. The van der Waals surface area contributed by atoms with Crippen LogP contribution in [-0.4, -0.2) is 11.0 Å². The summed E-state index contributed by atoms with van der Waals surface area (Å²) >= 11 is 0. The number of hydrogen-bond acceptors (Lipinski definition) is 2. The number of anilines is 1. The van der Waals surface area contributed by atoms with Crippen LogP contribution in [0.5, 0.6) is 0 Å². The van der Waals surface area contributed by atoms with Gasteiger partial charge in [0.1, 0.15) is 0 Å². The third-order valence-electron chi connectivity index (χ3n) is 2.25. The summed E-state index contributed by atoms with van der Waals surface area (Å²) in [6.07, 6.45) is 4.92. The number of aromatic nitrogens is 1. The zero-order chi connectivity index (χ0) is 10.6.